The molecule has 2 rings (SSSR count). The van der Waals surface area contributed by atoms with E-state index in [2.05, 4.69) is 15.4 Å². The molecule has 164 valence electrons. The molecular weight excluding hydrogens is 390 g/mol. The molecule has 3 amide bonds. The largest absolute Gasteiger partial charge is 0.468 e. The summed E-state index contributed by atoms with van der Waals surface area (Å²) in [5, 5.41) is 4.98. The molecule has 1 aliphatic carbocycles. The van der Waals surface area contributed by atoms with Crippen LogP contribution in [0.2, 0.25) is 0 Å². The smallest absolute Gasteiger partial charge is 0.408 e. The lowest BCUT2D eigenvalue weighted by Gasteiger charge is -2.31. The zero-order valence-electron chi connectivity index (χ0n) is 17.8. The van der Waals surface area contributed by atoms with Crippen molar-refractivity contribution in [3.63, 3.8) is 0 Å². The molecule has 1 aromatic carbocycles. The van der Waals surface area contributed by atoms with Crippen LogP contribution in [0, 0.1) is 0 Å². The molecule has 1 aliphatic rings. The minimum atomic E-state index is -0.934. The number of methoxy groups -OCH3 is 1. The van der Waals surface area contributed by atoms with Crippen LogP contribution in [0.1, 0.15) is 45.2 Å². The van der Waals surface area contributed by atoms with E-state index in [0.717, 1.165) is 12.8 Å². The molecule has 9 nitrogen and oxygen atoms in total. The number of amides is 3. The van der Waals surface area contributed by atoms with Gasteiger partial charge >= 0.3 is 12.1 Å². The van der Waals surface area contributed by atoms with E-state index in [0.29, 0.717) is 5.56 Å². The van der Waals surface area contributed by atoms with Crippen LogP contribution >= 0.6 is 0 Å². The molecule has 1 aromatic rings. The number of benzene rings is 1. The van der Waals surface area contributed by atoms with Gasteiger partial charge in [-0.2, -0.15) is 0 Å². The van der Waals surface area contributed by atoms with E-state index in [1.165, 1.54) is 12.0 Å². The number of nitrogens with one attached hydrogen (secondary N) is 2. The van der Waals surface area contributed by atoms with Crippen LogP contribution in [0.15, 0.2) is 30.3 Å². The molecule has 0 saturated heterocycles. The van der Waals surface area contributed by atoms with Crippen molar-refractivity contribution in [1.82, 2.24) is 15.5 Å². The average Bonchev–Trinajstić information content (AvgIpc) is 3.52. The summed E-state index contributed by atoms with van der Waals surface area (Å²) in [6.45, 7) is 4.56. The van der Waals surface area contributed by atoms with Crippen molar-refractivity contribution in [2.45, 2.75) is 51.3 Å². The summed E-state index contributed by atoms with van der Waals surface area (Å²) in [7, 11) is 1.23. The maximum Gasteiger partial charge on any atom is 0.408 e. The maximum atomic E-state index is 13.0. The van der Waals surface area contributed by atoms with Crippen LogP contribution in [-0.2, 0) is 23.9 Å². The summed E-state index contributed by atoms with van der Waals surface area (Å²) in [4.78, 5) is 50.8. The van der Waals surface area contributed by atoms with Gasteiger partial charge in [-0.05, 0) is 39.2 Å². The maximum absolute atomic E-state index is 13.0. The first-order chi connectivity index (χ1) is 14.1. The molecule has 0 spiro atoms. The van der Waals surface area contributed by atoms with E-state index in [-0.39, 0.29) is 19.1 Å². The van der Waals surface area contributed by atoms with Crippen LogP contribution < -0.4 is 10.6 Å². The summed E-state index contributed by atoms with van der Waals surface area (Å²) in [6.07, 6.45) is 0.801. The molecule has 0 bridgehead atoms. The van der Waals surface area contributed by atoms with Gasteiger partial charge in [-0.25, -0.2) is 4.79 Å². The number of ether oxygens (including phenoxy) is 2. The second-order valence-electron chi connectivity index (χ2n) is 7.99. The zero-order chi connectivity index (χ0) is 22.3. The highest BCUT2D eigenvalue weighted by atomic mass is 16.6. The first kappa shape index (κ1) is 23.2. The topological polar surface area (TPSA) is 114 Å². The molecule has 1 saturated carbocycles. The molecule has 1 unspecified atom stereocenters. The lowest BCUT2D eigenvalue weighted by molar-refractivity contribution is -0.144. The Morgan fingerprint density at radius 3 is 2.23 bits per heavy atom. The van der Waals surface area contributed by atoms with E-state index in [9.17, 15) is 19.2 Å². The zero-order valence-corrected chi connectivity index (χ0v) is 17.8. The Morgan fingerprint density at radius 1 is 1.07 bits per heavy atom. The third-order valence-electron chi connectivity index (χ3n) is 4.29. The van der Waals surface area contributed by atoms with Crippen molar-refractivity contribution in [1.29, 1.82) is 0 Å². The number of hydrogen-bond donors (Lipinski definition) is 2. The van der Waals surface area contributed by atoms with E-state index >= 15 is 0 Å². The third-order valence-corrected chi connectivity index (χ3v) is 4.29. The Balaban J connectivity index is 2.18. The van der Waals surface area contributed by atoms with Gasteiger partial charge in [-0.3, -0.25) is 14.4 Å². The van der Waals surface area contributed by atoms with Crippen LogP contribution in [0.5, 0.6) is 0 Å². The first-order valence-electron chi connectivity index (χ1n) is 9.80. The Kier molecular flexibility index (Phi) is 7.79. The van der Waals surface area contributed by atoms with E-state index in [4.69, 9.17) is 4.74 Å². The van der Waals surface area contributed by atoms with Gasteiger partial charge < -0.3 is 25.0 Å². The number of hydrogen-bond acceptors (Lipinski definition) is 6. The fraction of sp³-hybridized carbons (Fsp3) is 0.524. The molecule has 0 aromatic heterocycles. The number of rotatable bonds is 8. The molecule has 0 heterocycles. The van der Waals surface area contributed by atoms with Crippen molar-refractivity contribution in [2.24, 2.45) is 0 Å². The average molecular weight is 419 g/mol. The number of alkyl carbamates (subject to hydrolysis) is 1. The standard InChI is InChI=1S/C21H29N3O6/c1-21(2,3)30-20(28)23-12-16(25)24(15-10-11-15)18(14-8-6-5-7-9-14)19(27)22-13-17(26)29-4/h5-9,15,18H,10-13H2,1-4H3,(H,22,27)(H,23,28). The molecule has 1 fully saturated rings. The van der Waals surface area contributed by atoms with Gasteiger partial charge in [0.05, 0.1) is 7.11 Å². The normalized spacial score (nSPS) is 14.3. The second-order valence-corrected chi connectivity index (χ2v) is 7.99. The van der Waals surface area contributed by atoms with Crippen LogP contribution in [-0.4, -0.2) is 60.6 Å². The molecule has 0 radical (unpaired) electrons. The van der Waals surface area contributed by atoms with Crippen LogP contribution in [0.25, 0.3) is 0 Å². The highest BCUT2D eigenvalue weighted by molar-refractivity contribution is 5.92. The van der Waals surface area contributed by atoms with Crippen molar-refractivity contribution < 1.29 is 28.7 Å². The molecular formula is C21H29N3O6. The first-order valence-corrected chi connectivity index (χ1v) is 9.80. The van der Waals surface area contributed by atoms with Gasteiger partial charge in [0, 0.05) is 6.04 Å². The van der Waals surface area contributed by atoms with E-state index < -0.39 is 35.5 Å². The van der Waals surface area contributed by atoms with E-state index in [1.807, 2.05) is 0 Å². The number of carbonyl (C=O) groups is 4. The Labute approximate surface area is 176 Å². The van der Waals surface area contributed by atoms with Gasteiger partial charge in [0.15, 0.2) is 0 Å². The number of esters is 1. The minimum absolute atomic E-state index is 0.119. The summed E-state index contributed by atoms with van der Waals surface area (Å²) in [5.74, 6) is -1.50. The summed E-state index contributed by atoms with van der Waals surface area (Å²) >= 11 is 0. The minimum Gasteiger partial charge on any atom is -0.468 e. The summed E-state index contributed by atoms with van der Waals surface area (Å²) in [5.41, 5.74) is -0.0821. The number of carbonyl (C=O) groups excluding carboxylic acids is 4. The molecule has 9 heteroatoms. The van der Waals surface area contributed by atoms with Crippen LogP contribution in [0.4, 0.5) is 4.79 Å². The quantitative estimate of drug-likeness (QED) is 0.618. The summed E-state index contributed by atoms with van der Waals surface area (Å²) < 4.78 is 9.73. The third kappa shape index (κ3) is 7.06. The van der Waals surface area contributed by atoms with Gasteiger partial charge in [-0.15, -0.1) is 0 Å². The van der Waals surface area contributed by atoms with Gasteiger partial charge in [0.2, 0.25) is 11.8 Å². The van der Waals surface area contributed by atoms with E-state index in [1.54, 1.807) is 51.1 Å². The molecule has 30 heavy (non-hydrogen) atoms. The van der Waals surface area contributed by atoms with Crippen molar-refractivity contribution in [2.75, 3.05) is 20.2 Å². The molecule has 2 N–H and O–H groups in total. The molecule has 0 aliphatic heterocycles. The predicted octanol–water partition coefficient (Wildman–Crippen LogP) is 1.53. The predicted molar refractivity (Wildman–Crippen MR) is 108 cm³/mol. The van der Waals surface area contributed by atoms with Crippen molar-refractivity contribution in [3.05, 3.63) is 35.9 Å². The lowest BCUT2D eigenvalue weighted by atomic mass is 10.0. The highest BCUT2D eigenvalue weighted by Crippen LogP contribution is 2.34. The van der Waals surface area contributed by atoms with Gasteiger partial charge in [-0.1, -0.05) is 30.3 Å². The van der Waals surface area contributed by atoms with Crippen molar-refractivity contribution >= 4 is 23.9 Å². The summed E-state index contributed by atoms with van der Waals surface area (Å²) in [6, 6.07) is 7.77. The molecule has 1 atom stereocenters. The lowest BCUT2D eigenvalue weighted by Crippen LogP contribution is -2.49. The fourth-order valence-corrected chi connectivity index (χ4v) is 2.87. The van der Waals surface area contributed by atoms with Gasteiger partial charge in [0.1, 0.15) is 24.7 Å². The van der Waals surface area contributed by atoms with Crippen molar-refractivity contribution in [3.8, 4) is 0 Å². The second kappa shape index (κ2) is 10.1. The van der Waals surface area contributed by atoms with Gasteiger partial charge in [0.25, 0.3) is 0 Å². The Hall–Kier alpha value is -3.10. The van der Waals surface area contributed by atoms with Crippen LogP contribution in [0.3, 0.4) is 0 Å². The number of nitrogens with zero attached hydrogens (tertiary/aromatic N) is 1. The monoisotopic (exact) mass is 419 g/mol. The Bertz CT molecular complexity index is 771. The fourth-order valence-electron chi connectivity index (χ4n) is 2.87. The Morgan fingerprint density at radius 2 is 1.70 bits per heavy atom. The SMILES string of the molecule is COC(=O)CNC(=O)C(c1ccccc1)N(C(=O)CNC(=O)OC(C)(C)C)C1CC1. The highest BCUT2D eigenvalue weighted by Gasteiger charge is 2.41.